The fourth-order valence-corrected chi connectivity index (χ4v) is 2.53. The molecule has 1 aromatic heterocycles. The number of nitrogens with one attached hydrogen (secondary N) is 2. The Morgan fingerprint density at radius 2 is 2.05 bits per heavy atom. The second-order valence-electron chi connectivity index (χ2n) is 5.43. The Morgan fingerprint density at radius 3 is 2.74 bits per heavy atom. The number of aromatic nitrogens is 2. The van der Waals surface area contributed by atoms with Crippen molar-refractivity contribution in [3.8, 4) is 0 Å². The average molecular weight is 263 g/mol. The van der Waals surface area contributed by atoms with Crippen LogP contribution in [0.4, 0.5) is 11.8 Å². The third kappa shape index (κ3) is 4.35. The molecule has 1 aromatic rings. The van der Waals surface area contributed by atoms with Crippen LogP contribution in [0.1, 0.15) is 25.0 Å². The van der Waals surface area contributed by atoms with Crippen LogP contribution in [0.15, 0.2) is 6.07 Å². The summed E-state index contributed by atoms with van der Waals surface area (Å²) in [6.45, 7) is 5.46. The molecule has 0 aliphatic carbocycles. The van der Waals surface area contributed by atoms with Crippen LogP contribution in [-0.2, 0) is 0 Å². The second-order valence-corrected chi connectivity index (χ2v) is 5.43. The minimum Gasteiger partial charge on any atom is -0.370 e. The van der Waals surface area contributed by atoms with Gasteiger partial charge in [-0.1, -0.05) is 0 Å². The number of hydrogen-bond donors (Lipinski definition) is 2. The van der Waals surface area contributed by atoms with E-state index in [0.29, 0.717) is 5.95 Å². The Morgan fingerprint density at radius 1 is 1.32 bits per heavy atom. The zero-order valence-corrected chi connectivity index (χ0v) is 12.2. The van der Waals surface area contributed by atoms with Gasteiger partial charge in [-0.15, -0.1) is 0 Å². The number of piperidine rings is 1. The van der Waals surface area contributed by atoms with E-state index in [0.717, 1.165) is 24.0 Å². The van der Waals surface area contributed by atoms with Crippen molar-refractivity contribution in [1.29, 1.82) is 0 Å². The largest absolute Gasteiger partial charge is 0.370 e. The molecule has 5 heteroatoms. The fourth-order valence-electron chi connectivity index (χ4n) is 2.53. The average Bonchev–Trinajstić information content (AvgIpc) is 2.40. The molecule has 1 aliphatic rings. The maximum Gasteiger partial charge on any atom is 0.224 e. The number of aryl methyl sites for hydroxylation is 1. The molecular formula is C14H25N5. The van der Waals surface area contributed by atoms with Crippen LogP contribution in [0.25, 0.3) is 0 Å². The first-order valence-electron chi connectivity index (χ1n) is 7.13. The molecule has 1 saturated heterocycles. The Balaban J connectivity index is 1.77. The van der Waals surface area contributed by atoms with Gasteiger partial charge in [0.15, 0.2) is 0 Å². The monoisotopic (exact) mass is 263 g/mol. The molecule has 0 aromatic carbocycles. The van der Waals surface area contributed by atoms with Crippen molar-refractivity contribution in [3.05, 3.63) is 11.8 Å². The van der Waals surface area contributed by atoms with Crippen molar-refractivity contribution in [2.45, 2.75) is 26.2 Å². The SMILES string of the molecule is CNc1nc(C)cc(NCCC2CCN(C)CC2)n1. The Hall–Kier alpha value is -1.36. The molecule has 0 radical (unpaired) electrons. The van der Waals surface area contributed by atoms with Gasteiger partial charge in [0.1, 0.15) is 5.82 Å². The van der Waals surface area contributed by atoms with Gasteiger partial charge in [-0.2, -0.15) is 4.98 Å². The van der Waals surface area contributed by atoms with Gasteiger partial charge in [0.05, 0.1) is 0 Å². The predicted molar refractivity (Wildman–Crippen MR) is 79.6 cm³/mol. The maximum absolute atomic E-state index is 4.41. The zero-order valence-electron chi connectivity index (χ0n) is 12.2. The quantitative estimate of drug-likeness (QED) is 0.850. The third-order valence-corrected chi connectivity index (χ3v) is 3.77. The summed E-state index contributed by atoms with van der Waals surface area (Å²) in [6.07, 6.45) is 3.87. The fraction of sp³-hybridized carbons (Fsp3) is 0.714. The highest BCUT2D eigenvalue weighted by Gasteiger charge is 2.15. The van der Waals surface area contributed by atoms with Crippen LogP contribution in [0, 0.1) is 12.8 Å². The van der Waals surface area contributed by atoms with Crippen molar-refractivity contribution < 1.29 is 0 Å². The topological polar surface area (TPSA) is 53.1 Å². The van der Waals surface area contributed by atoms with E-state index in [2.05, 4.69) is 32.5 Å². The summed E-state index contributed by atoms with van der Waals surface area (Å²) < 4.78 is 0. The van der Waals surface area contributed by atoms with Crippen molar-refractivity contribution in [2.75, 3.05) is 44.4 Å². The zero-order chi connectivity index (χ0) is 13.7. The lowest BCUT2D eigenvalue weighted by Gasteiger charge is -2.28. The highest BCUT2D eigenvalue weighted by molar-refractivity contribution is 5.41. The third-order valence-electron chi connectivity index (χ3n) is 3.77. The lowest BCUT2D eigenvalue weighted by Crippen LogP contribution is -2.30. The van der Waals surface area contributed by atoms with Crippen molar-refractivity contribution in [2.24, 2.45) is 5.92 Å². The van der Waals surface area contributed by atoms with Gasteiger partial charge >= 0.3 is 0 Å². The van der Waals surface area contributed by atoms with Gasteiger partial charge in [-0.05, 0) is 52.2 Å². The maximum atomic E-state index is 4.41. The first kappa shape index (κ1) is 14.1. The molecule has 1 aliphatic heterocycles. The van der Waals surface area contributed by atoms with E-state index < -0.39 is 0 Å². The lowest BCUT2D eigenvalue weighted by atomic mass is 9.94. The molecule has 2 heterocycles. The molecule has 0 unspecified atom stereocenters. The summed E-state index contributed by atoms with van der Waals surface area (Å²) in [5.41, 5.74) is 0.987. The van der Waals surface area contributed by atoms with Crippen LogP contribution >= 0.6 is 0 Å². The van der Waals surface area contributed by atoms with E-state index in [9.17, 15) is 0 Å². The van der Waals surface area contributed by atoms with Gasteiger partial charge in [-0.25, -0.2) is 4.98 Å². The highest BCUT2D eigenvalue weighted by Crippen LogP contribution is 2.19. The predicted octanol–water partition coefficient (Wildman–Crippen LogP) is 1.97. The molecule has 5 nitrogen and oxygen atoms in total. The highest BCUT2D eigenvalue weighted by atomic mass is 15.1. The summed E-state index contributed by atoms with van der Waals surface area (Å²) in [6, 6.07) is 2.00. The van der Waals surface area contributed by atoms with Gasteiger partial charge in [-0.3, -0.25) is 0 Å². The van der Waals surface area contributed by atoms with Crippen LogP contribution in [0.2, 0.25) is 0 Å². The number of rotatable bonds is 5. The molecule has 0 amide bonds. The standard InChI is InChI=1S/C14H25N5/c1-11-10-13(18-14(15-2)17-11)16-7-4-12-5-8-19(3)9-6-12/h10,12H,4-9H2,1-3H3,(H2,15,16,17,18). The molecule has 0 atom stereocenters. The molecule has 19 heavy (non-hydrogen) atoms. The number of anilines is 2. The Kier molecular flexibility index (Phi) is 4.96. The van der Waals surface area contributed by atoms with E-state index >= 15 is 0 Å². The normalized spacial score (nSPS) is 17.4. The molecular weight excluding hydrogens is 238 g/mol. The number of likely N-dealkylation sites (tertiary alicyclic amines) is 1. The van der Waals surface area contributed by atoms with Crippen molar-refractivity contribution >= 4 is 11.8 Å². The van der Waals surface area contributed by atoms with Crippen LogP contribution in [0.5, 0.6) is 0 Å². The molecule has 1 fully saturated rings. The van der Waals surface area contributed by atoms with E-state index in [-0.39, 0.29) is 0 Å². The Labute approximate surface area is 115 Å². The van der Waals surface area contributed by atoms with Crippen LogP contribution in [-0.4, -0.2) is 48.6 Å². The number of nitrogens with zero attached hydrogens (tertiary/aromatic N) is 3. The van der Waals surface area contributed by atoms with Crippen molar-refractivity contribution in [3.63, 3.8) is 0 Å². The minimum absolute atomic E-state index is 0.682. The molecule has 2 rings (SSSR count). The van der Waals surface area contributed by atoms with Gasteiger partial charge in [0.2, 0.25) is 5.95 Å². The van der Waals surface area contributed by atoms with E-state index in [1.165, 1.54) is 32.4 Å². The molecule has 106 valence electrons. The molecule has 0 bridgehead atoms. The van der Waals surface area contributed by atoms with Crippen LogP contribution in [0.3, 0.4) is 0 Å². The summed E-state index contributed by atoms with van der Waals surface area (Å²) in [7, 11) is 4.05. The van der Waals surface area contributed by atoms with Gasteiger partial charge in [0.25, 0.3) is 0 Å². The van der Waals surface area contributed by atoms with E-state index in [1.54, 1.807) is 0 Å². The van der Waals surface area contributed by atoms with Crippen LogP contribution < -0.4 is 10.6 Å². The summed E-state index contributed by atoms with van der Waals surface area (Å²) >= 11 is 0. The van der Waals surface area contributed by atoms with E-state index in [1.807, 2.05) is 20.0 Å². The molecule has 0 saturated carbocycles. The van der Waals surface area contributed by atoms with E-state index in [4.69, 9.17) is 0 Å². The van der Waals surface area contributed by atoms with Crippen molar-refractivity contribution in [1.82, 2.24) is 14.9 Å². The molecule has 2 N–H and O–H groups in total. The number of hydrogen-bond acceptors (Lipinski definition) is 5. The second kappa shape index (κ2) is 6.70. The summed E-state index contributed by atoms with van der Waals surface area (Å²) in [5, 5.41) is 6.40. The first-order valence-corrected chi connectivity index (χ1v) is 7.13. The first-order chi connectivity index (χ1) is 9.17. The smallest absolute Gasteiger partial charge is 0.224 e. The molecule has 0 spiro atoms. The van der Waals surface area contributed by atoms with Gasteiger partial charge < -0.3 is 15.5 Å². The lowest BCUT2D eigenvalue weighted by molar-refractivity contribution is 0.215. The Bertz CT molecular complexity index is 399. The summed E-state index contributed by atoms with van der Waals surface area (Å²) in [4.78, 5) is 11.1. The summed E-state index contributed by atoms with van der Waals surface area (Å²) in [5.74, 6) is 2.46. The van der Waals surface area contributed by atoms with Gasteiger partial charge in [0, 0.05) is 25.4 Å². The minimum atomic E-state index is 0.682.